The lowest BCUT2D eigenvalue weighted by atomic mass is 10.1. The van der Waals surface area contributed by atoms with Crippen molar-refractivity contribution < 1.29 is 5.11 Å². The minimum atomic E-state index is -0.398. The van der Waals surface area contributed by atoms with E-state index in [1.807, 2.05) is 6.07 Å². The molecule has 0 aliphatic carbocycles. The topological polar surface area (TPSA) is 39.1 Å². The first-order chi connectivity index (χ1) is 11.1. The van der Waals surface area contributed by atoms with Crippen LogP contribution in [0.1, 0.15) is 16.7 Å². The van der Waals surface area contributed by atoms with Gasteiger partial charge in [0.15, 0.2) is 0 Å². The average molecular weight is 307 g/mol. The summed E-state index contributed by atoms with van der Waals surface area (Å²) in [6.07, 6.45) is -0.398. The standard InChI is InChI=1S/C19H21N3O/c1-13-8-17-18(9-14(13)2)22-12-16(23)10-20-19(22)21(17)11-15-6-4-3-5-7-15/h3-9,16,23H,10-12H2,1-2H3. The SMILES string of the molecule is Cc1cc2c(cc1C)N1CC(O)CN=C1N2Cc1ccccc1. The largest absolute Gasteiger partial charge is 0.389 e. The highest BCUT2D eigenvalue weighted by Crippen LogP contribution is 2.41. The Hall–Kier alpha value is -2.33. The quantitative estimate of drug-likeness (QED) is 0.927. The molecule has 0 fully saturated rings. The van der Waals surface area contributed by atoms with Crippen molar-refractivity contribution in [2.75, 3.05) is 22.9 Å². The predicted molar refractivity (Wildman–Crippen MR) is 94.2 cm³/mol. The van der Waals surface area contributed by atoms with Gasteiger partial charge in [-0.3, -0.25) is 0 Å². The number of hydrogen-bond donors (Lipinski definition) is 1. The highest BCUT2D eigenvalue weighted by molar-refractivity contribution is 6.16. The second kappa shape index (κ2) is 5.39. The molecule has 1 atom stereocenters. The Morgan fingerprint density at radius 3 is 2.52 bits per heavy atom. The summed E-state index contributed by atoms with van der Waals surface area (Å²) in [7, 11) is 0. The number of aliphatic hydroxyl groups is 1. The van der Waals surface area contributed by atoms with Gasteiger partial charge in [-0.1, -0.05) is 30.3 Å². The summed E-state index contributed by atoms with van der Waals surface area (Å²) in [4.78, 5) is 9.06. The van der Waals surface area contributed by atoms with Crippen molar-refractivity contribution in [3.8, 4) is 0 Å². The van der Waals surface area contributed by atoms with E-state index in [4.69, 9.17) is 0 Å². The van der Waals surface area contributed by atoms with Gasteiger partial charge >= 0.3 is 0 Å². The molecule has 118 valence electrons. The van der Waals surface area contributed by atoms with E-state index in [0.29, 0.717) is 13.1 Å². The first kappa shape index (κ1) is 14.3. The molecule has 2 aliphatic heterocycles. The normalized spacial score (nSPS) is 19.4. The summed E-state index contributed by atoms with van der Waals surface area (Å²) in [5.41, 5.74) is 6.14. The predicted octanol–water partition coefficient (Wildman–Crippen LogP) is 2.86. The summed E-state index contributed by atoms with van der Waals surface area (Å²) in [6, 6.07) is 14.9. The number of aryl methyl sites for hydroxylation is 2. The number of anilines is 2. The first-order valence-electron chi connectivity index (χ1n) is 8.06. The zero-order valence-corrected chi connectivity index (χ0v) is 13.5. The molecule has 0 bridgehead atoms. The Balaban J connectivity index is 1.80. The molecule has 23 heavy (non-hydrogen) atoms. The van der Waals surface area contributed by atoms with Gasteiger partial charge in [-0.2, -0.15) is 0 Å². The number of hydrogen-bond acceptors (Lipinski definition) is 4. The second-order valence-corrected chi connectivity index (χ2v) is 6.40. The highest BCUT2D eigenvalue weighted by atomic mass is 16.3. The summed E-state index contributed by atoms with van der Waals surface area (Å²) in [5.74, 6) is 0.958. The van der Waals surface area contributed by atoms with Gasteiger partial charge in [-0.15, -0.1) is 0 Å². The molecule has 1 N–H and O–H groups in total. The molecular weight excluding hydrogens is 286 g/mol. The molecule has 2 aromatic rings. The molecule has 4 nitrogen and oxygen atoms in total. The Labute approximate surface area is 136 Å². The number of guanidine groups is 1. The van der Waals surface area contributed by atoms with E-state index in [-0.39, 0.29) is 0 Å². The third-order valence-electron chi connectivity index (χ3n) is 4.68. The van der Waals surface area contributed by atoms with Crippen molar-refractivity contribution in [3.63, 3.8) is 0 Å². The van der Waals surface area contributed by atoms with Gasteiger partial charge in [-0.05, 0) is 42.7 Å². The minimum absolute atomic E-state index is 0.398. The lowest BCUT2D eigenvalue weighted by Crippen LogP contribution is -2.46. The molecular formula is C19H21N3O. The summed E-state index contributed by atoms with van der Waals surface area (Å²) in [6.45, 7) is 6.15. The molecule has 2 aliphatic rings. The van der Waals surface area contributed by atoms with Crippen molar-refractivity contribution in [3.05, 3.63) is 59.2 Å². The number of aliphatic imine (C=N–C) groups is 1. The van der Waals surface area contributed by atoms with Crippen LogP contribution in [-0.2, 0) is 6.54 Å². The maximum absolute atomic E-state index is 10.0. The highest BCUT2D eigenvalue weighted by Gasteiger charge is 2.36. The number of fused-ring (bicyclic) bond motifs is 3. The fraction of sp³-hybridized carbons (Fsp3) is 0.316. The summed E-state index contributed by atoms with van der Waals surface area (Å²) >= 11 is 0. The van der Waals surface area contributed by atoms with E-state index >= 15 is 0 Å². The van der Waals surface area contributed by atoms with Gasteiger partial charge in [-0.25, -0.2) is 4.99 Å². The fourth-order valence-corrected chi connectivity index (χ4v) is 3.31. The van der Waals surface area contributed by atoms with Crippen LogP contribution in [0.2, 0.25) is 0 Å². The maximum atomic E-state index is 10.0. The fourth-order valence-electron chi connectivity index (χ4n) is 3.31. The Morgan fingerprint density at radius 2 is 1.78 bits per heavy atom. The van der Waals surface area contributed by atoms with Gasteiger partial charge in [0.05, 0.1) is 37.1 Å². The molecule has 0 aromatic heterocycles. The third kappa shape index (κ3) is 2.39. The number of aliphatic hydroxyl groups excluding tert-OH is 1. The molecule has 1 unspecified atom stereocenters. The molecule has 0 saturated carbocycles. The molecule has 2 aromatic carbocycles. The monoisotopic (exact) mass is 307 g/mol. The Bertz CT molecular complexity index is 770. The van der Waals surface area contributed by atoms with Crippen LogP contribution in [-0.4, -0.2) is 30.3 Å². The van der Waals surface area contributed by atoms with Crippen molar-refractivity contribution in [1.29, 1.82) is 0 Å². The van der Waals surface area contributed by atoms with Crippen molar-refractivity contribution >= 4 is 17.3 Å². The summed E-state index contributed by atoms with van der Waals surface area (Å²) in [5, 5.41) is 10.0. The van der Waals surface area contributed by atoms with E-state index in [2.05, 4.69) is 65.0 Å². The molecule has 0 saturated heterocycles. The van der Waals surface area contributed by atoms with Crippen LogP contribution in [0.15, 0.2) is 47.5 Å². The zero-order valence-electron chi connectivity index (χ0n) is 13.5. The van der Waals surface area contributed by atoms with Gasteiger partial charge in [0.1, 0.15) is 0 Å². The first-order valence-corrected chi connectivity index (χ1v) is 8.06. The smallest absolute Gasteiger partial charge is 0.206 e. The van der Waals surface area contributed by atoms with Gasteiger partial charge in [0.2, 0.25) is 5.96 Å². The van der Waals surface area contributed by atoms with Crippen molar-refractivity contribution in [2.45, 2.75) is 26.5 Å². The van der Waals surface area contributed by atoms with Crippen LogP contribution in [0.3, 0.4) is 0 Å². The molecule has 4 heteroatoms. The zero-order chi connectivity index (χ0) is 16.0. The van der Waals surface area contributed by atoms with Gasteiger partial charge in [0.25, 0.3) is 0 Å². The number of benzene rings is 2. The van der Waals surface area contributed by atoms with Crippen LogP contribution in [0.4, 0.5) is 11.4 Å². The molecule has 0 spiro atoms. The number of rotatable bonds is 2. The minimum Gasteiger partial charge on any atom is -0.389 e. The average Bonchev–Trinajstić information content (AvgIpc) is 2.82. The molecule has 4 rings (SSSR count). The van der Waals surface area contributed by atoms with Crippen LogP contribution in [0.25, 0.3) is 0 Å². The van der Waals surface area contributed by atoms with Crippen LogP contribution >= 0.6 is 0 Å². The van der Waals surface area contributed by atoms with E-state index in [9.17, 15) is 5.11 Å². The van der Waals surface area contributed by atoms with E-state index in [1.165, 1.54) is 22.4 Å². The van der Waals surface area contributed by atoms with Crippen LogP contribution in [0.5, 0.6) is 0 Å². The number of nitrogens with zero attached hydrogens (tertiary/aromatic N) is 3. The Kier molecular flexibility index (Phi) is 3.34. The van der Waals surface area contributed by atoms with Gasteiger partial charge in [0, 0.05) is 0 Å². The molecule has 0 amide bonds. The lowest BCUT2D eigenvalue weighted by molar-refractivity contribution is 0.188. The Morgan fingerprint density at radius 1 is 1.09 bits per heavy atom. The van der Waals surface area contributed by atoms with E-state index < -0.39 is 6.10 Å². The maximum Gasteiger partial charge on any atom is 0.206 e. The van der Waals surface area contributed by atoms with Gasteiger partial charge < -0.3 is 14.9 Å². The summed E-state index contributed by atoms with van der Waals surface area (Å²) < 4.78 is 0. The van der Waals surface area contributed by atoms with Crippen molar-refractivity contribution in [1.82, 2.24) is 0 Å². The molecule has 2 heterocycles. The van der Waals surface area contributed by atoms with E-state index in [1.54, 1.807) is 0 Å². The van der Waals surface area contributed by atoms with Crippen LogP contribution < -0.4 is 9.80 Å². The molecule has 0 radical (unpaired) electrons. The van der Waals surface area contributed by atoms with E-state index in [0.717, 1.165) is 18.2 Å². The van der Waals surface area contributed by atoms with Crippen molar-refractivity contribution in [2.24, 2.45) is 4.99 Å². The second-order valence-electron chi connectivity index (χ2n) is 6.40. The third-order valence-corrected chi connectivity index (χ3v) is 4.68. The van der Waals surface area contributed by atoms with Crippen LogP contribution in [0, 0.1) is 13.8 Å². The lowest BCUT2D eigenvalue weighted by Gasteiger charge is -2.29.